The average molecular weight is 393 g/mol. The summed E-state index contributed by atoms with van der Waals surface area (Å²) in [5.74, 6) is 0.948. The van der Waals surface area contributed by atoms with Crippen LogP contribution in [0.5, 0.6) is 0 Å². The number of carbonyl (C=O) groups is 2. The third kappa shape index (κ3) is 4.55. The zero-order valence-corrected chi connectivity index (χ0v) is 16.2. The summed E-state index contributed by atoms with van der Waals surface area (Å²) in [6.07, 6.45) is 3.94. The van der Waals surface area contributed by atoms with Crippen LogP contribution in [0.4, 0.5) is 5.82 Å². The van der Waals surface area contributed by atoms with Crippen LogP contribution in [-0.4, -0.2) is 64.1 Å². The molecule has 0 aliphatic carbocycles. The fraction of sp³-hybridized carbons (Fsp3) is 0.286. The number of hydrogen-bond donors (Lipinski definition) is 1. The molecule has 150 valence electrons. The first kappa shape index (κ1) is 18.9. The Hall–Kier alpha value is -3.39. The standard InChI is InChI=1S/C21H23N5O3/c1-16-14-19(23-29-16)22-20(27)15-24-10-12-26(13-11-24)21(28)17-4-6-18(7-5-17)25-8-2-3-9-25/h2-9,14H,10-13,15H2,1H3,(H,22,23,27). The first-order chi connectivity index (χ1) is 14.1. The van der Waals surface area contributed by atoms with E-state index in [0.717, 1.165) is 5.69 Å². The van der Waals surface area contributed by atoms with Crippen LogP contribution in [0.1, 0.15) is 16.1 Å². The first-order valence-corrected chi connectivity index (χ1v) is 9.57. The summed E-state index contributed by atoms with van der Waals surface area (Å²) in [6.45, 7) is 4.52. The van der Waals surface area contributed by atoms with Crippen LogP contribution in [-0.2, 0) is 4.79 Å². The quantitative estimate of drug-likeness (QED) is 0.718. The van der Waals surface area contributed by atoms with Crippen LogP contribution < -0.4 is 5.32 Å². The molecule has 8 nitrogen and oxygen atoms in total. The summed E-state index contributed by atoms with van der Waals surface area (Å²) in [5, 5.41) is 6.48. The fourth-order valence-corrected chi connectivity index (χ4v) is 3.39. The van der Waals surface area contributed by atoms with Gasteiger partial charge in [-0.3, -0.25) is 14.5 Å². The molecule has 1 aliphatic heterocycles. The third-order valence-electron chi connectivity index (χ3n) is 4.94. The molecule has 4 rings (SSSR count). The van der Waals surface area contributed by atoms with E-state index < -0.39 is 0 Å². The molecule has 3 aromatic rings. The Morgan fingerprint density at radius 1 is 1.07 bits per heavy atom. The normalized spacial score (nSPS) is 14.7. The summed E-state index contributed by atoms with van der Waals surface area (Å²) in [7, 11) is 0. The number of amides is 2. The number of nitrogens with zero attached hydrogens (tertiary/aromatic N) is 4. The van der Waals surface area contributed by atoms with Crippen LogP contribution in [0.15, 0.2) is 59.4 Å². The van der Waals surface area contributed by atoms with Crippen molar-refractivity contribution in [1.82, 2.24) is 19.5 Å². The second-order valence-electron chi connectivity index (χ2n) is 7.08. The topological polar surface area (TPSA) is 83.6 Å². The van der Waals surface area contributed by atoms with Gasteiger partial charge >= 0.3 is 0 Å². The Balaban J connectivity index is 1.27. The second-order valence-corrected chi connectivity index (χ2v) is 7.08. The summed E-state index contributed by atoms with van der Waals surface area (Å²) >= 11 is 0. The Labute approximate surface area is 168 Å². The molecule has 0 radical (unpaired) electrons. The molecule has 1 aromatic carbocycles. The molecule has 1 aliphatic rings. The van der Waals surface area contributed by atoms with Gasteiger partial charge in [-0.1, -0.05) is 5.16 Å². The van der Waals surface area contributed by atoms with Crippen molar-refractivity contribution in [3.05, 3.63) is 66.2 Å². The highest BCUT2D eigenvalue weighted by atomic mass is 16.5. The lowest BCUT2D eigenvalue weighted by Crippen LogP contribution is -2.50. The van der Waals surface area contributed by atoms with Crippen molar-refractivity contribution in [2.45, 2.75) is 6.92 Å². The molecule has 0 unspecified atom stereocenters. The summed E-state index contributed by atoms with van der Waals surface area (Å²) < 4.78 is 6.94. The van der Waals surface area contributed by atoms with Gasteiger partial charge in [0.05, 0.1) is 6.54 Å². The Kier molecular flexibility index (Phi) is 5.44. The number of benzene rings is 1. The molecular weight excluding hydrogens is 370 g/mol. The number of aryl methyl sites for hydroxylation is 1. The van der Waals surface area contributed by atoms with E-state index in [0.29, 0.717) is 43.3 Å². The SMILES string of the molecule is Cc1cc(NC(=O)CN2CCN(C(=O)c3ccc(-n4cccc4)cc3)CC2)no1. The molecule has 1 saturated heterocycles. The number of hydrogen-bond acceptors (Lipinski definition) is 5. The molecule has 0 atom stereocenters. The third-order valence-corrected chi connectivity index (χ3v) is 4.94. The highest BCUT2D eigenvalue weighted by molar-refractivity contribution is 5.94. The van der Waals surface area contributed by atoms with E-state index in [1.165, 1.54) is 0 Å². The van der Waals surface area contributed by atoms with Gasteiger partial charge in [-0.2, -0.15) is 0 Å². The zero-order chi connectivity index (χ0) is 20.2. The minimum atomic E-state index is -0.140. The molecule has 1 fully saturated rings. The van der Waals surface area contributed by atoms with Crippen LogP contribution in [0.2, 0.25) is 0 Å². The van der Waals surface area contributed by atoms with Gasteiger partial charge in [0, 0.05) is 55.9 Å². The van der Waals surface area contributed by atoms with Crippen LogP contribution >= 0.6 is 0 Å². The van der Waals surface area contributed by atoms with Gasteiger partial charge in [-0.15, -0.1) is 0 Å². The number of nitrogens with one attached hydrogen (secondary N) is 1. The number of piperazine rings is 1. The van der Waals surface area contributed by atoms with Crippen molar-refractivity contribution < 1.29 is 14.1 Å². The molecule has 0 bridgehead atoms. The van der Waals surface area contributed by atoms with E-state index in [1.807, 2.05) is 63.2 Å². The van der Waals surface area contributed by atoms with Crippen molar-refractivity contribution in [3.8, 4) is 5.69 Å². The maximum Gasteiger partial charge on any atom is 0.253 e. The van der Waals surface area contributed by atoms with Gasteiger partial charge in [0.2, 0.25) is 5.91 Å². The molecule has 0 saturated carbocycles. The maximum absolute atomic E-state index is 12.8. The van der Waals surface area contributed by atoms with E-state index >= 15 is 0 Å². The average Bonchev–Trinajstić information content (AvgIpc) is 3.40. The lowest BCUT2D eigenvalue weighted by Gasteiger charge is -2.34. The fourth-order valence-electron chi connectivity index (χ4n) is 3.39. The molecule has 0 spiro atoms. The molecule has 2 aromatic heterocycles. The van der Waals surface area contributed by atoms with Crippen LogP contribution in [0, 0.1) is 6.92 Å². The highest BCUT2D eigenvalue weighted by Gasteiger charge is 2.23. The molecule has 29 heavy (non-hydrogen) atoms. The number of rotatable bonds is 5. The van der Waals surface area contributed by atoms with Gasteiger partial charge in [0.1, 0.15) is 5.76 Å². The number of anilines is 1. The van der Waals surface area contributed by atoms with Crippen LogP contribution in [0.25, 0.3) is 5.69 Å². The minimum Gasteiger partial charge on any atom is -0.360 e. The first-order valence-electron chi connectivity index (χ1n) is 9.57. The lowest BCUT2D eigenvalue weighted by molar-refractivity contribution is -0.117. The maximum atomic E-state index is 12.8. The Morgan fingerprint density at radius 3 is 2.38 bits per heavy atom. The van der Waals surface area contributed by atoms with Gasteiger partial charge < -0.3 is 19.3 Å². The Morgan fingerprint density at radius 2 is 1.76 bits per heavy atom. The monoisotopic (exact) mass is 393 g/mol. The van der Waals surface area contributed by atoms with Crippen molar-refractivity contribution >= 4 is 17.6 Å². The molecular formula is C21H23N5O3. The van der Waals surface area contributed by atoms with Crippen molar-refractivity contribution in [3.63, 3.8) is 0 Å². The summed E-state index contributed by atoms with van der Waals surface area (Å²) in [6, 6.07) is 13.2. The summed E-state index contributed by atoms with van der Waals surface area (Å²) in [4.78, 5) is 28.8. The highest BCUT2D eigenvalue weighted by Crippen LogP contribution is 2.14. The lowest BCUT2D eigenvalue weighted by atomic mass is 10.1. The van der Waals surface area contributed by atoms with Crippen molar-refractivity contribution in [2.24, 2.45) is 0 Å². The minimum absolute atomic E-state index is 0.0197. The largest absolute Gasteiger partial charge is 0.360 e. The van der Waals surface area contributed by atoms with Gasteiger partial charge in [-0.25, -0.2) is 0 Å². The van der Waals surface area contributed by atoms with Crippen molar-refractivity contribution in [2.75, 3.05) is 38.0 Å². The molecule has 2 amide bonds. The number of carbonyl (C=O) groups excluding carboxylic acids is 2. The molecule has 1 N–H and O–H groups in total. The number of aromatic nitrogens is 2. The Bertz CT molecular complexity index is 970. The van der Waals surface area contributed by atoms with Gasteiger partial charge in [0.25, 0.3) is 5.91 Å². The molecule has 3 heterocycles. The smallest absolute Gasteiger partial charge is 0.253 e. The second kappa shape index (κ2) is 8.32. The molecule has 8 heteroatoms. The van der Waals surface area contributed by atoms with Gasteiger partial charge in [-0.05, 0) is 43.3 Å². The predicted molar refractivity (Wildman–Crippen MR) is 108 cm³/mol. The predicted octanol–water partition coefficient (Wildman–Crippen LogP) is 2.17. The van der Waals surface area contributed by atoms with Crippen molar-refractivity contribution in [1.29, 1.82) is 0 Å². The van der Waals surface area contributed by atoms with Crippen LogP contribution in [0.3, 0.4) is 0 Å². The van der Waals surface area contributed by atoms with Gasteiger partial charge in [0.15, 0.2) is 5.82 Å². The van der Waals surface area contributed by atoms with E-state index in [4.69, 9.17) is 4.52 Å². The van der Waals surface area contributed by atoms with E-state index in [9.17, 15) is 9.59 Å². The zero-order valence-electron chi connectivity index (χ0n) is 16.2. The van der Waals surface area contributed by atoms with E-state index in [1.54, 1.807) is 13.0 Å². The van der Waals surface area contributed by atoms with E-state index in [-0.39, 0.29) is 18.4 Å². The van der Waals surface area contributed by atoms with E-state index in [2.05, 4.69) is 10.5 Å². The summed E-state index contributed by atoms with van der Waals surface area (Å²) in [5.41, 5.74) is 1.69.